The first kappa shape index (κ1) is 75.3. The molecule has 11 atom stereocenters. The second-order valence-electron chi connectivity index (χ2n) is 26.5. The monoisotopic (exact) mass is 1390 g/mol. The number of hydrogen-bond donors (Lipinski definition) is 14. The molecule has 0 radical (unpaired) electrons. The average Bonchev–Trinajstić information content (AvgIpc) is 1.58. The smallest absolute Gasteiger partial charge is 0.305 e. The van der Waals surface area contributed by atoms with Crippen LogP contribution < -0.4 is 59.7 Å². The van der Waals surface area contributed by atoms with Crippen LogP contribution in [-0.4, -0.2) is 205 Å². The Bertz CT molecular complexity index is 3700. The van der Waals surface area contributed by atoms with Crippen molar-refractivity contribution < 1.29 is 77.3 Å². The molecule has 1 aromatic heterocycles. The molecule has 0 saturated carbocycles. The second-order valence-corrected chi connectivity index (χ2v) is 26.5. The Morgan fingerprint density at radius 1 is 0.620 bits per heavy atom. The molecule has 0 unspecified atom stereocenters. The van der Waals surface area contributed by atoms with E-state index in [0.29, 0.717) is 24.0 Å². The predicted molar refractivity (Wildman–Crippen MR) is 360 cm³/mol. The normalized spacial score (nSPS) is 19.7. The number of aliphatic carboxylic acids is 1. The number of carbonyl (C=O) groups excluding carboxylic acids is 13. The summed E-state index contributed by atoms with van der Waals surface area (Å²) in [4.78, 5) is 201. The zero-order valence-electron chi connectivity index (χ0n) is 56.3. The average molecular weight is 1390 g/mol. The molecule has 0 bridgehead atoms. The SMILES string of the molecule is CC(C)C[C@@H](C(=O)N[C@@H](Cc1c[nH]c2ccccc12)C(N)=O)N1CC[C@@]2(CCCN2C(=O)[C@H](Cc2ccc(O)cc2)NC(=O)[C@H](Cc2ccccc2)NC(=O)[C@H](CCCCN)NC(=O)[C@H](CC(N)=O)NC(=O)[C@@H]2CCCN2C(=O)[C@H](CC(=O)O)NC(=O)[C@H](C)NC(=O)[C@@H]2CCC(=O)N2)C1=O. The second kappa shape index (κ2) is 34.4. The molecule has 5 heterocycles. The number of aromatic nitrogens is 1. The number of H-pyrrole nitrogens is 1. The van der Waals surface area contributed by atoms with Gasteiger partial charge in [-0.3, -0.25) is 67.1 Å². The highest BCUT2D eigenvalue weighted by molar-refractivity contribution is 6.02. The molecule has 13 amide bonds. The molecule has 1 spiro atoms. The number of fused-ring (bicyclic) bond motifs is 1. The fraction of sp³-hybridized carbons (Fsp3) is 0.507. The maximum Gasteiger partial charge on any atom is 0.305 e. The summed E-state index contributed by atoms with van der Waals surface area (Å²) in [6.07, 6.45) is 1.53. The number of phenols is 1. The van der Waals surface area contributed by atoms with E-state index in [4.69, 9.17) is 17.2 Å². The third-order valence-corrected chi connectivity index (χ3v) is 18.7. The molecular formula is C69H91N15O16. The molecule has 31 nitrogen and oxygen atoms in total. The zero-order valence-corrected chi connectivity index (χ0v) is 56.3. The molecule has 8 rings (SSSR count). The van der Waals surface area contributed by atoms with Crippen molar-refractivity contribution in [1.82, 2.24) is 62.2 Å². The number of likely N-dealkylation sites (tertiary alicyclic amines) is 3. The van der Waals surface area contributed by atoms with E-state index in [-0.39, 0.29) is 121 Å². The van der Waals surface area contributed by atoms with Crippen LogP contribution in [0.5, 0.6) is 5.75 Å². The van der Waals surface area contributed by atoms with Crippen LogP contribution >= 0.6 is 0 Å². The van der Waals surface area contributed by atoms with Gasteiger partial charge in [0.25, 0.3) is 0 Å². The number of nitrogens with two attached hydrogens (primary N) is 3. The standard InChI is InChI=1S/C69H91N15O16/c1-38(2)31-54(65(97)77-48(58(72)90)34-42-37-73-45-16-8-7-15-44(42)45)83-30-26-69(68(83)100)25-12-29-84(69)67(99)51(33-41-19-21-43(85)22-20-41)81-62(94)49(32-40-13-5-4-6-14-40)78-61(93)46(17-9-10-27-70)76-63(95)50(35-55(71)86)79-64(96)53-18-11-28-82(53)66(98)52(36-57(88)89)80-59(91)39(3)74-60(92)47-23-24-56(87)75-47/h4-8,13-16,19-22,37-39,46-54,73,85H,9-12,17-18,23-36,70H2,1-3H3,(H2,71,86)(H2,72,90)(H,74,92)(H,75,87)(H,76,95)(H,77,97)(H,78,93)(H,79,96)(H,80,91)(H,81,94)(H,88,89)/t39-,46-,47-,48-,49-,50-,51-,52-,53-,54-,69-/m0/s1. The van der Waals surface area contributed by atoms with Crippen molar-refractivity contribution in [3.8, 4) is 5.75 Å². The lowest BCUT2D eigenvalue weighted by Gasteiger charge is -2.37. The molecule has 0 aliphatic carbocycles. The van der Waals surface area contributed by atoms with Crippen molar-refractivity contribution >= 4 is 93.7 Å². The number of aromatic hydroxyl groups is 1. The number of amides is 13. The van der Waals surface area contributed by atoms with Gasteiger partial charge in [-0.05, 0) is 118 Å². The number of benzene rings is 3. The lowest BCUT2D eigenvalue weighted by molar-refractivity contribution is -0.151. The van der Waals surface area contributed by atoms with Crippen LogP contribution in [0, 0.1) is 5.92 Å². The van der Waals surface area contributed by atoms with E-state index in [9.17, 15) is 63.0 Å². The Morgan fingerprint density at radius 2 is 1.26 bits per heavy atom. The van der Waals surface area contributed by atoms with Crippen molar-refractivity contribution in [3.05, 3.63) is 102 Å². The van der Waals surface area contributed by atoms with Gasteiger partial charge in [0.1, 0.15) is 71.7 Å². The first-order valence-electron chi connectivity index (χ1n) is 33.9. The van der Waals surface area contributed by atoms with Crippen LogP contribution in [0.25, 0.3) is 10.9 Å². The summed E-state index contributed by atoms with van der Waals surface area (Å²) in [5.74, 6) is -12.1. The lowest BCUT2D eigenvalue weighted by Crippen LogP contribution is -2.62. The van der Waals surface area contributed by atoms with Gasteiger partial charge < -0.3 is 89.6 Å². The van der Waals surface area contributed by atoms with Gasteiger partial charge in [0.2, 0.25) is 76.8 Å². The number of nitrogens with one attached hydrogen (secondary N) is 9. The van der Waals surface area contributed by atoms with Gasteiger partial charge in [-0.25, -0.2) is 0 Å². The Labute approximate surface area is 577 Å². The number of aromatic amines is 1. The van der Waals surface area contributed by atoms with Crippen LogP contribution in [0.3, 0.4) is 0 Å². The Kier molecular flexibility index (Phi) is 25.9. The Balaban J connectivity index is 0.996. The van der Waals surface area contributed by atoms with Crippen LogP contribution in [-0.2, 0) is 86.4 Å². The van der Waals surface area contributed by atoms with Gasteiger partial charge in [0, 0.05) is 62.4 Å². The number of hydrogen-bond acceptors (Lipinski definition) is 16. The summed E-state index contributed by atoms with van der Waals surface area (Å²) >= 11 is 0. The third kappa shape index (κ3) is 19.3. The van der Waals surface area contributed by atoms with E-state index in [1.54, 1.807) is 48.7 Å². The highest BCUT2D eigenvalue weighted by Gasteiger charge is 2.58. The zero-order chi connectivity index (χ0) is 72.5. The maximum atomic E-state index is 15.5. The number of carboxylic acid groups (broad SMARTS) is 1. The summed E-state index contributed by atoms with van der Waals surface area (Å²) in [5.41, 5.74) is 18.5. The summed E-state index contributed by atoms with van der Waals surface area (Å²) in [5, 5.41) is 41.7. The van der Waals surface area contributed by atoms with E-state index in [0.717, 1.165) is 21.4 Å². The highest BCUT2D eigenvalue weighted by atomic mass is 16.4. The van der Waals surface area contributed by atoms with Gasteiger partial charge >= 0.3 is 5.97 Å². The predicted octanol–water partition coefficient (Wildman–Crippen LogP) is -1.44. The number of rotatable bonds is 34. The molecule has 4 aromatic rings. The highest BCUT2D eigenvalue weighted by Crippen LogP contribution is 2.41. The van der Waals surface area contributed by atoms with E-state index in [2.05, 4.69) is 47.5 Å². The Morgan fingerprint density at radius 3 is 1.93 bits per heavy atom. The van der Waals surface area contributed by atoms with Crippen LogP contribution in [0.2, 0.25) is 0 Å². The molecule has 31 heteroatoms. The van der Waals surface area contributed by atoms with Crippen molar-refractivity contribution in [3.63, 3.8) is 0 Å². The van der Waals surface area contributed by atoms with Crippen molar-refractivity contribution in [1.29, 1.82) is 0 Å². The molecule has 100 heavy (non-hydrogen) atoms. The maximum absolute atomic E-state index is 15.5. The largest absolute Gasteiger partial charge is 0.508 e. The first-order valence-corrected chi connectivity index (χ1v) is 33.9. The number of unbranched alkanes of at least 4 members (excludes halogenated alkanes) is 1. The molecule has 538 valence electrons. The minimum atomic E-state index is -1.78. The fourth-order valence-corrected chi connectivity index (χ4v) is 13.5. The van der Waals surface area contributed by atoms with Gasteiger partial charge in [0.15, 0.2) is 0 Å². The first-order chi connectivity index (χ1) is 47.7. The van der Waals surface area contributed by atoms with Crippen molar-refractivity contribution in [2.24, 2.45) is 23.1 Å². The number of para-hydroxylation sites is 1. The van der Waals surface area contributed by atoms with Crippen molar-refractivity contribution in [2.45, 2.75) is 189 Å². The van der Waals surface area contributed by atoms with Gasteiger partial charge in [-0.15, -0.1) is 0 Å². The van der Waals surface area contributed by atoms with E-state index >= 15 is 14.4 Å². The Hall–Kier alpha value is -10.5. The number of primary amides is 2. The summed E-state index contributed by atoms with van der Waals surface area (Å²) in [6.45, 7) is 5.27. The summed E-state index contributed by atoms with van der Waals surface area (Å²) in [7, 11) is 0. The quantitative estimate of drug-likeness (QED) is 0.0238. The topological polar surface area (TPSA) is 479 Å². The molecule has 17 N–H and O–H groups in total. The van der Waals surface area contributed by atoms with E-state index < -0.39 is 156 Å². The summed E-state index contributed by atoms with van der Waals surface area (Å²) < 4.78 is 0. The van der Waals surface area contributed by atoms with Crippen molar-refractivity contribution in [2.75, 3.05) is 26.2 Å². The third-order valence-electron chi connectivity index (χ3n) is 18.7. The van der Waals surface area contributed by atoms with Crippen LogP contribution in [0.15, 0.2) is 85.1 Å². The van der Waals surface area contributed by atoms with Crippen LogP contribution in [0.4, 0.5) is 0 Å². The van der Waals surface area contributed by atoms with Gasteiger partial charge in [-0.2, -0.15) is 0 Å². The van der Waals surface area contributed by atoms with Gasteiger partial charge in [0.05, 0.1) is 12.8 Å². The van der Waals surface area contributed by atoms with Gasteiger partial charge in [-0.1, -0.05) is 74.5 Å². The minimum Gasteiger partial charge on any atom is -0.508 e. The fourth-order valence-electron chi connectivity index (χ4n) is 13.5. The molecule has 3 aromatic carbocycles. The minimum absolute atomic E-state index is 0.0174. The summed E-state index contributed by atoms with van der Waals surface area (Å²) in [6, 6.07) is 8.15. The molecule has 4 aliphatic rings. The number of carbonyl (C=O) groups is 14. The number of carboxylic acids is 1. The van der Waals surface area contributed by atoms with E-state index in [1.807, 2.05) is 38.1 Å². The van der Waals surface area contributed by atoms with E-state index in [1.165, 1.54) is 28.9 Å². The molecular weight excluding hydrogens is 1290 g/mol. The number of phenolic OH excluding ortho intramolecular Hbond substituents is 1. The lowest BCUT2D eigenvalue weighted by atomic mass is 9.92. The molecule has 4 fully saturated rings. The molecule has 4 saturated heterocycles. The molecule has 4 aliphatic heterocycles. The van der Waals surface area contributed by atoms with Crippen LogP contribution in [0.1, 0.15) is 121 Å². The number of nitrogens with zero attached hydrogens (tertiary/aromatic N) is 3.